The molecule has 4 rings (SSSR count). The van der Waals surface area contributed by atoms with Crippen LogP contribution in [-0.4, -0.2) is 74.9 Å². The Hall–Kier alpha value is -2.24. The van der Waals surface area contributed by atoms with E-state index in [4.69, 9.17) is 21.3 Å². The summed E-state index contributed by atoms with van der Waals surface area (Å²) in [6.45, 7) is 8.05. The van der Waals surface area contributed by atoms with Gasteiger partial charge in [-0.05, 0) is 62.3 Å². The third-order valence-corrected chi connectivity index (χ3v) is 9.93. The van der Waals surface area contributed by atoms with E-state index in [9.17, 15) is 13.2 Å². The zero-order chi connectivity index (χ0) is 25.9. The molecule has 1 aromatic heterocycles. The minimum absolute atomic E-state index is 0.201. The molecule has 0 atom stereocenters. The molecule has 0 unspecified atom stereocenters. The Morgan fingerprint density at radius 3 is 2.36 bits per heavy atom. The van der Waals surface area contributed by atoms with Crippen molar-refractivity contribution in [2.75, 3.05) is 51.3 Å². The van der Waals surface area contributed by atoms with Crippen LogP contribution in [0.2, 0.25) is 5.02 Å². The first-order chi connectivity index (χ1) is 17.3. The standard InChI is InChI=1S/C25H31ClN4O4S2/c1-4-28(5-2)16-17-30(25-27-22-21(34-3)13-12-20(26)23(22)35-25)24(31)18-8-10-19(11-9-18)36(32,33)29-14-6-7-15-29/h8-13H,4-7,14-17H2,1-3H3. The summed E-state index contributed by atoms with van der Waals surface area (Å²) in [5.41, 5.74) is 1.00. The van der Waals surface area contributed by atoms with Crippen molar-refractivity contribution in [3.8, 4) is 5.75 Å². The molecule has 0 radical (unpaired) electrons. The number of benzene rings is 2. The number of carbonyl (C=O) groups excluding carboxylic acids is 1. The molecule has 2 aromatic carbocycles. The molecule has 11 heteroatoms. The van der Waals surface area contributed by atoms with Crippen molar-refractivity contribution >= 4 is 54.2 Å². The van der Waals surface area contributed by atoms with Crippen LogP contribution in [0, 0.1) is 0 Å². The molecule has 194 valence electrons. The number of rotatable bonds is 10. The summed E-state index contributed by atoms with van der Waals surface area (Å²) < 4.78 is 33.5. The third kappa shape index (κ3) is 5.38. The SMILES string of the molecule is CCN(CC)CCN(C(=O)c1ccc(S(=O)(=O)N2CCCC2)cc1)c1nc2c(OC)ccc(Cl)c2s1. The van der Waals surface area contributed by atoms with Gasteiger partial charge in [0.1, 0.15) is 11.3 Å². The number of methoxy groups -OCH3 is 1. The lowest BCUT2D eigenvalue weighted by Crippen LogP contribution is -2.38. The normalized spacial score (nSPS) is 14.6. The summed E-state index contributed by atoms with van der Waals surface area (Å²) in [7, 11) is -1.98. The van der Waals surface area contributed by atoms with Crippen LogP contribution in [0.1, 0.15) is 37.0 Å². The number of halogens is 1. The van der Waals surface area contributed by atoms with E-state index in [0.29, 0.717) is 53.2 Å². The highest BCUT2D eigenvalue weighted by Crippen LogP contribution is 2.39. The third-order valence-electron chi connectivity index (χ3n) is 6.48. The van der Waals surface area contributed by atoms with Gasteiger partial charge in [-0.15, -0.1) is 0 Å². The number of ether oxygens (including phenoxy) is 1. The van der Waals surface area contributed by atoms with E-state index in [-0.39, 0.29) is 10.8 Å². The Balaban J connectivity index is 1.67. The number of hydrogen-bond acceptors (Lipinski definition) is 7. The molecule has 1 saturated heterocycles. The van der Waals surface area contributed by atoms with Gasteiger partial charge in [0, 0.05) is 31.7 Å². The van der Waals surface area contributed by atoms with Crippen LogP contribution in [-0.2, 0) is 10.0 Å². The first-order valence-corrected chi connectivity index (χ1v) is 14.7. The van der Waals surface area contributed by atoms with E-state index in [1.807, 2.05) is 0 Å². The Labute approximate surface area is 221 Å². The molecule has 8 nitrogen and oxygen atoms in total. The zero-order valence-corrected chi connectivity index (χ0v) is 23.1. The lowest BCUT2D eigenvalue weighted by molar-refractivity contribution is 0.0983. The van der Waals surface area contributed by atoms with Gasteiger partial charge in [-0.25, -0.2) is 13.4 Å². The van der Waals surface area contributed by atoms with Crippen LogP contribution in [0.15, 0.2) is 41.3 Å². The Morgan fingerprint density at radius 2 is 1.75 bits per heavy atom. The molecule has 1 aliphatic rings. The van der Waals surface area contributed by atoms with E-state index in [0.717, 1.165) is 30.6 Å². The van der Waals surface area contributed by atoms with Gasteiger partial charge in [0.2, 0.25) is 10.0 Å². The fourth-order valence-electron chi connectivity index (χ4n) is 4.29. The predicted octanol–water partition coefficient (Wildman–Crippen LogP) is 4.73. The highest BCUT2D eigenvalue weighted by atomic mass is 35.5. The van der Waals surface area contributed by atoms with Crippen LogP contribution in [0.3, 0.4) is 0 Å². The number of carbonyl (C=O) groups is 1. The second-order valence-corrected chi connectivity index (χ2v) is 11.9. The van der Waals surface area contributed by atoms with E-state index in [1.54, 1.807) is 36.3 Å². The Kier molecular flexibility index (Phi) is 8.52. The summed E-state index contributed by atoms with van der Waals surface area (Å²) in [5.74, 6) is 0.339. The van der Waals surface area contributed by atoms with Crippen LogP contribution in [0.25, 0.3) is 10.2 Å². The molecule has 1 amide bonds. The van der Waals surface area contributed by atoms with Crippen LogP contribution in [0.5, 0.6) is 5.75 Å². The van der Waals surface area contributed by atoms with E-state index in [2.05, 4.69) is 18.7 Å². The number of likely N-dealkylation sites (N-methyl/N-ethyl adjacent to an activating group) is 1. The van der Waals surface area contributed by atoms with Crippen LogP contribution >= 0.6 is 22.9 Å². The summed E-state index contributed by atoms with van der Waals surface area (Å²) >= 11 is 7.77. The molecule has 0 saturated carbocycles. The maximum absolute atomic E-state index is 13.7. The molecule has 1 fully saturated rings. The van der Waals surface area contributed by atoms with Gasteiger partial charge in [0.05, 0.1) is 21.7 Å². The lowest BCUT2D eigenvalue weighted by atomic mass is 10.2. The number of thiazole rings is 1. The molecular formula is C25H31ClN4O4S2. The van der Waals surface area contributed by atoms with Crippen LogP contribution < -0.4 is 9.64 Å². The minimum Gasteiger partial charge on any atom is -0.494 e. The minimum atomic E-state index is -3.55. The van der Waals surface area contributed by atoms with E-state index < -0.39 is 10.0 Å². The van der Waals surface area contributed by atoms with E-state index in [1.165, 1.54) is 27.8 Å². The monoisotopic (exact) mass is 550 g/mol. The van der Waals surface area contributed by atoms with Crippen molar-refractivity contribution in [1.82, 2.24) is 14.2 Å². The molecular weight excluding hydrogens is 520 g/mol. The number of amides is 1. The quantitative estimate of drug-likeness (QED) is 0.363. The van der Waals surface area contributed by atoms with Crippen molar-refractivity contribution in [2.45, 2.75) is 31.6 Å². The highest BCUT2D eigenvalue weighted by Gasteiger charge is 2.28. The topological polar surface area (TPSA) is 83.1 Å². The maximum atomic E-state index is 13.7. The molecule has 3 aromatic rings. The number of aromatic nitrogens is 1. The Bertz CT molecular complexity index is 1320. The zero-order valence-electron chi connectivity index (χ0n) is 20.7. The second-order valence-electron chi connectivity index (χ2n) is 8.54. The van der Waals surface area contributed by atoms with Gasteiger partial charge < -0.3 is 9.64 Å². The lowest BCUT2D eigenvalue weighted by Gasteiger charge is -2.25. The van der Waals surface area contributed by atoms with Crippen molar-refractivity contribution in [2.24, 2.45) is 0 Å². The summed E-state index contributed by atoms with van der Waals surface area (Å²) in [6, 6.07) is 9.71. The fourth-order valence-corrected chi connectivity index (χ4v) is 7.09. The number of anilines is 1. The maximum Gasteiger partial charge on any atom is 0.260 e. The summed E-state index contributed by atoms with van der Waals surface area (Å²) in [4.78, 5) is 22.5. The van der Waals surface area contributed by atoms with Gasteiger partial charge in [0.25, 0.3) is 5.91 Å². The van der Waals surface area contributed by atoms with Crippen molar-refractivity contribution in [1.29, 1.82) is 0 Å². The molecule has 2 heterocycles. The van der Waals surface area contributed by atoms with Crippen molar-refractivity contribution < 1.29 is 17.9 Å². The molecule has 0 spiro atoms. The fraction of sp³-hybridized carbons (Fsp3) is 0.440. The largest absolute Gasteiger partial charge is 0.494 e. The summed E-state index contributed by atoms with van der Waals surface area (Å²) in [5, 5.41) is 1.06. The van der Waals surface area contributed by atoms with Gasteiger partial charge in [-0.1, -0.05) is 36.8 Å². The van der Waals surface area contributed by atoms with E-state index >= 15 is 0 Å². The first kappa shape index (κ1) is 26.8. The second kappa shape index (κ2) is 11.4. The highest BCUT2D eigenvalue weighted by molar-refractivity contribution is 7.89. The van der Waals surface area contributed by atoms with Crippen molar-refractivity contribution in [3.05, 3.63) is 47.0 Å². The first-order valence-electron chi connectivity index (χ1n) is 12.1. The molecule has 0 bridgehead atoms. The predicted molar refractivity (Wildman–Crippen MR) is 145 cm³/mol. The van der Waals surface area contributed by atoms with Gasteiger partial charge in [-0.2, -0.15) is 4.31 Å². The number of sulfonamides is 1. The smallest absolute Gasteiger partial charge is 0.260 e. The van der Waals surface area contributed by atoms with Crippen LogP contribution in [0.4, 0.5) is 5.13 Å². The number of fused-ring (bicyclic) bond motifs is 1. The van der Waals surface area contributed by atoms with Gasteiger partial charge in [-0.3, -0.25) is 9.69 Å². The number of nitrogens with zero attached hydrogens (tertiary/aromatic N) is 4. The molecule has 0 aliphatic carbocycles. The average Bonchev–Trinajstić information content (AvgIpc) is 3.59. The summed E-state index contributed by atoms with van der Waals surface area (Å²) in [6.07, 6.45) is 1.74. The number of hydrogen-bond donors (Lipinski definition) is 0. The molecule has 36 heavy (non-hydrogen) atoms. The van der Waals surface area contributed by atoms with Gasteiger partial charge >= 0.3 is 0 Å². The Morgan fingerprint density at radius 1 is 1.08 bits per heavy atom. The van der Waals surface area contributed by atoms with Gasteiger partial charge in [0.15, 0.2) is 5.13 Å². The van der Waals surface area contributed by atoms with Crippen molar-refractivity contribution in [3.63, 3.8) is 0 Å². The molecule has 1 aliphatic heterocycles. The average molecular weight is 551 g/mol. The molecule has 0 N–H and O–H groups in total.